The highest BCUT2D eigenvalue weighted by Crippen LogP contribution is 2.38. The van der Waals surface area contributed by atoms with Gasteiger partial charge in [0, 0.05) is 28.9 Å². The first-order chi connectivity index (χ1) is 17.4. The molecule has 3 aromatic carbocycles. The predicted molar refractivity (Wildman–Crippen MR) is 138 cm³/mol. The third-order valence-electron chi connectivity index (χ3n) is 6.00. The number of aryl methyl sites for hydroxylation is 1. The zero-order valence-electron chi connectivity index (χ0n) is 20.2. The van der Waals surface area contributed by atoms with Crippen LogP contribution in [0.25, 0.3) is 28.2 Å². The quantitative estimate of drug-likeness (QED) is 0.275. The van der Waals surface area contributed by atoms with Crippen LogP contribution in [0, 0.1) is 0 Å². The van der Waals surface area contributed by atoms with Crippen LogP contribution in [0.15, 0.2) is 72.9 Å². The number of primary amides is 1. The summed E-state index contributed by atoms with van der Waals surface area (Å²) in [4.78, 5) is 16.4. The highest BCUT2D eigenvalue weighted by Gasteiger charge is 2.35. The maximum absolute atomic E-state index is 13.9. The molecule has 0 atom stereocenters. The van der Waals surface area contributed by atoms with E-state index >= 15 is 0 Å². The molecule has 192 valence electrons. The number of halogens is 4. The van der Waals surface area contributed by atoms with Crippen LogP contribution in [0.3, 0.4) is 0 Å². The molecule has 4 aromatic rings. The van der Waals surface area contributed by atoms with Gasteiger partial charge in [-0.1, -0.05) is 42.5 Å². The molecule has 0 saturated heterocycles. The average Bonchev–Trinajstić information content (AvgIpc) is 3.30. The molecule has 0 spiro atoms. The minimum Gasteiger partial charge on any atom is -0.384 e. The molecular formula is C28H25ClF3N3O2. The van der Waals surface area contributed by atoms with Crippen LogP contribution in [0.2, 0.25) is 0 Å². The summed E-state index contributed by atoms with van der Waals surface area (Å²) in [5.41, 5.74) is 6.49. The van der Waals surface area contributed by atoms with Crippen molar-refractivity contribution in [1.29, 1.82) is 0 Å². The molecule has 0 radical (unpaired) electrons. The summed E-state index contributed by atoms with van der Waals surface area (Å²) in [6, 6.07) is 17.6. The molecule has 1 amide bonds. The topological polar surface area (TPSA) is 81.1 Å². The van der Waals surface area contributed by atoms with E-state index in [1.807, 2.05) is 12.1 Å². The number of aromatic nitrogens is 2. The first-order valence-corrected chi connectivity index (χ1v) is 12.0. The molecule has 1 heterocycles. The second kappa shape index (κ2) is 10.0. The summed E-state index contributed by atoms with van der Waals surface area (Å²) in [6.07, 6.45) is -2.59. The second-order valence-corrected chi connectivity index (χ2v) is 9.53. The Labute approximate surface area is 217 Å². The van der Waals surface area contributed by atoms with Gasteiger partial charge < -0.3 is 10.8 Å². The Morgan fingerprint density at radius 2 is 1.73 bits per heavy atom. The Morgan fingerprint density at radius 3 is 2.38 bits per heavy atom. The number of rotatable bonds is 7. The third kappa shape index (κ3) is 5.55. The largest absolute Gasteiger partial charge is 0.417 e. The smallest absolute Gasteiger partial charge is 0.384 e. The Morgan fingerprint density at radius 1 is 1.03 bits per heavy atom. The van der Waals surface area contributed by atoms with Crippen molar-refractivity contribution in [3.05, 3.63) is 95.3 Å². The van der Waals surface area contributed by atoms with Crippen LogP contribution in [0.1, 0.15) is 41.0 Å². The van der Waals surface area contributed by atoms with Gasteiger partial charge in [-0.2, -0.15) is 13.2 Å². The van der Waals surface area contributed by atoms with E-state index in [0.29, 0.717) is 34.7 Å². The number of nitrogens with zero attached hydrogens (tertiary/aromatic N) is 2. The van der Waals surface area contributed by atoms with Gasteiger partial charge in [0.05, 0.1) is 11.3 Å². The van der Waals surface area contributed by atoms with Crippen LogP contribution >= 0.6 is 11.6 Å². The van der Waals surface area contributed by atoms with Gasteiger partial charge in [-0.3, -0.25) is 9.36 Å². The van der Waals surface area contributed by atoms with Crippen molar-refractivity contribution < 1.29 is 23.1 Å². The Balaban J connectivity index is 1.90. The highest BCUT2D eigenvalue weighted by atomic mass is 35.5. The molecule has 37 heavy (non-hydrogen) atoms. The van der Waals surface area contributed by atoms with Crippen molar-refractivity contribution in [2.45, 2.75) is 32.0 Å². The maximum Gasteiger partial charge on any atom is 0.417 e. The highest BCUT2D eigenvalue weighted by molar-refractivity contribution is 6.18. The van der Waals surface area contributed by atoms with E-state index in [1.54, 1.807) is 30.3 Å². The first-order valence-electron chi connectivity index (χ1n) is 11.5. The number of amides is 1. The molecule has 5 nitrogen and oxygen atoms in total. The van der Waals surface area contributed by atoms with Crippen LogP contribution in [0.4, 0.5) is 13.2 Å². The van der Waals surface area contributed by atoms with Crippen molar-refractivity contribution in [2.24, 2.45) is 5.73 Å². The van der Waals surface area contributed by atoms with E-state index < -0.39 is 23.2 Å². The standard InChI is InChI=1S/C28H25ClF3N3O2/c1-27(2,37)24-16-35(26(34-24)21-8-3-4-9-23(21)28(30,31)32)20-7-5-6-18(14-20)19-11-10-17(12-13-29)22(15-19)25(33)36/h3-11,14-16,37H,12-13H2,1-2H3,(H2,33,36). The molecule has 0 unspecified atom stereocenters. The number of nitrogens with two attached hydrogens (primary N) is 1. The molecule has 9 heteroatoms. The SMILES string of the molecule is CC(C)(O)c1cn(-c2cccc(-c3ccc(CCCl)c(C(N)=O)c3)c2)c(-c2ccccc2C(F)(F)F)n1. The van der Waals surface area contributed by atoms with E-state index in [0.717, 1.165) is 11.6 Å². The summed E-state index contributed by atoms with van der Waals surface area (Å²) in [5.74, 6) is -0.201. The Bertz CT molecular complexity index is 1460. The van der Waals surface area contributed by atoms with Gasteiger partial charge in [-0.05, 0) is 61.2 Å². The normalized spacial score (nSPS) is 12.1. The van der Waals surface area contributed by atoms with Crippen molar-refractivity contribution in [3.63, 3.8) is 0 Å². The Hall–Kier alpha value is -3.62. The van der Waals surface area contributed by atoms with E-state index in [2.05, 4.69) is 4.98 Å². The van der Waals surface area contributed by atoms with Gasteiger partial charge in [0.2, 0.25) is 5.91 Å². The molecule has 0 fully saturated rings. The fourth-order valence-corrected chi connectivity index (χ4v) is 4.33. The lowest BCUT2D eigenvalue weighted by Crippen LogP contribution is -2.15. The summed E-state index contributed by atoms with van der Waals surface area (Å²) in [5, 5.41) is 10.6. The summed E-state index contributed by atoms with van der Waals surface area (Å²) in [7, 11) is 0. The van der Waals surface area contributed by atoms with E-state index in [9.17, 15) is 23.1 Å². The Kier molecular flexibility index (Phi) is 7.17. The van der Waals surface area contributed by atoms with E-state index in [4.69, 9.17) is 17.3 Å². The molecule has 4 rings (SSSR count). The second-order valence-electron chi connectivity index (χ2n) is 9.15. The van der Waals surface area contributed by atoms with Crippen molar-refractivity contribution in [3.8, 4) is 28.2 Å². The van der Waals surface area contributed by atoms with E-state index in [1.165, 1.54) is 42.8 Å². The molecule has 0 aliphatic carbocycles. The number of carbonyl (C=O) groups excluding carboxylic acids is 1. The van der Waals surface area contributed by atoms with Crippen LogP contribution in [-0.2, 0) is 18.2 Å². The lowest BCUT2D eigenvalue weighted by atomic mass is 9.97. The van der Waals surface area contributed by atoms with Gasteiger partial charge in [0.25, 0.3) is 0 Å². The lowest BCUT2D eigenvalue weighted by Gasteiger charge is -2.15. The zero-order chi connectivity index (χ0) is 27.0. The average molecular weight is 528 g/mol. The zero-order valence-corrected chi connectivity index (χ0v) is 20.9. The molecule has 0 aliphatic heterocycles. The van der Waals surface area contributed by atoms with Gasteiger partial charge in [0.15, 0.2) is 0 Å². The number of alkyl halides is 4. The minimum absolute atomic E-state index is 0.0393. The molecule has 1 aromatic heterocycles. The number of benzene rings is 3. The summed E-state index contributed by atoms with van der Waals surface area (Å²) >= 11 is 5.85. The number of aliphatic hydroxyl groups is 1. The molecule has 0 bridgehead atoms. The lowest BCUT2D eigenvalue weighted by molar-refractivity contribution is -0.137. The number of hydrogen-bond donors (Lipinski definition) is 2. The fraction of sp³-hybridized carbons (Fsp3) is 0.214. The molecular weight excluding hydrogens is 503 g/mol. The van der Waals surface area contributed by atoms with Gasteiger partial charge >= 0.3 is 6.18 Å². The first kappa shape index (κ1) is 26.4. The van der Waals surface area contributed by atoms with Crippen LogP contribution in [-0.4, -0.2) is 26.4 Å². The fourth-order valence-electron chi connectivity index (χ4n) is 4.13. The van der Waals surface area contributed by atoms with E-state index in [-0.39, 0.29) is 17.1 Å². The molecule has 3 N–H and O–H groups in total. The monoisotopic (exact) mass is 527 g/mol. The maximum atomic E-state index is 13.9. The van der Waals surface area contributed by atoms with Crippen molar-refractivity contribution in [2.75, 3.05) is 5.88 Å². The molecule has 0 saturated carbocycles. The summed E-state index contributed by atoms with van der Waals surface area (Å²) < 4.78 is 43.1. The minimum atomic E-state index is -4.60. The number of imidazole rings is 1. The van der Waals surface area contributed by atoms with Gasteiger partial charge in [-0.25, -0.2) is 4.98 Å². The number of hydrogen-bond acceptors (Lipinski definition) is 3. The summed E-state index contributed by atoms with van der Waals surface area (Å²) in [6.45, 7) is 3.03. The third-order valence-corrected chi connectivity index (χ3v) is 6.19. The van der Waals surface area contributed by atoms with Crippen molar-refractivity contribution >= 4 is 17.5 Å². The van der Waals surface area contributed by atoms with Crippen LogP contribution in [0.5, 0.6) is 0 Å². The van der Waals surface area contributed by atoms with Crippen LogP contribution < -0.4 is 5.73 Å². The predicted octanol–water partition coefficient (Wildman–Crippen LogP) is 6.33. The number of carbonyl (C=O) groups is 1. The van der Waals surface area contributed by atoms with Crippen molar-refractivity contribution in [1.82, 2.24) is 9.55 Å². The van der Waals surface area contributed by atoms with Gasteiger partial charge in [-0.15, -0.1) is 11.6 Å². The van der Waals surface area contributed by atoms with Gasteiger partial charge in [0.1, 0.15) is 11.4 Å². The molecule has 0 aliphatic rings.